The number of para-hydroxylation sites is 1. The second-order valence-electron chi connectivity index (χ2n) is 3.74. The van der Waals surface area contributed by atoms with Crippen molar-refractivity contribution in [2.75, 3.05) is 0 Å². The molecule has 2 nitrogen and oxygen atoms in total. The molecule has 2 aromatic rings. The molecule has 0 saturated heterocycles. The summed E-state index contributed by atoms with van der Waals surface area (Å²) in [5.41, 5.74) is 1.26. The first kappa shape index (κ1) is 12.6. The fraction of sp³-hybridized carbons (Fsp3) is 0.0714. The van der Waals surface area contributed by atoms with Gasteiger partial charge in [-0.05, 0) is 46.6 Å². The standard InChI is InChI=1S/C14H9BrFNO/c1-9-3-2-4-10(8-17)14(9)18-11-5-6-12(15)13(16)7-11/h2-7H,1H3. The summed E-state index contributed by atoms with van der Waals surface area (Å²) >= 11 is 3.07. The first-order valence-corrected chi connectivity index (χ1v) is 6.03. The summed E-state index contributed by atoms with van der Waals surface area (Å²) in [7, 11) is 0. The van der Waals surface area contributed by atoms with Crippen LogP contribution in [0.4, 0.5) is 4.39 Å². The smallest absolute Gasteiger partial charge is 0.148 e. The lowest BCUT2D eigenvalue weighted by molar-refractivity contribution is 0.471. The van der Waals surface area contributed by atoms with E-state index >= 15 is 0 Å². The second-order valence-corrected chi connectivity index (χ2v) is 4.60. The molecule has 18 heavy (non-hydrogen) atoms. The van der Waals surface area contributed by atoms with Crippen LogP contribution in [0.2, 0.25) is 0 Å². The lowest BCUT2D eigenvalue weighted by atomic mass is 10.1. The monoisotopic (exact) mass is 305 g/mol. The van der Waals surface area contributed by atoms with Crippen LogP contribution < -0.4 is 4.74 Å². The Kier molecular flexibility index (Phi) is 3.63. The molecule has 0 aliphatic heterocycles. The normalized spacial score (nSPS) is 9.89. The number of rotatable bonds is 2. The van der Waals surface area contributed by atoms with Gasteiger partial charge in [0.05, 0.1) is 10.0 Å². The van der Waals surface area contributed by atoms with Crippen molar-refractivity contribution in [3.8, 4) is 17.6 Å². The van der Waals surface area contributed by atoms with Gasteiger partial charge in [-0.2, -0.15) is 5.26 Å². The fourth-order valence-corrected chi connectivity index (χ4v) is 1.78. The van der Waals surface area contributed by atoms with E-state index in [4.69, 9.17) is 10.00 Å². The number of ether oxygens (including phenoxy) is 1. The molecule has 4 heteroatoms. The number of nitrogens with zero attached hydrogens (tertiary/aromatic N) is 1. The average Bonchev–Trinajstić information content (AvgIpc) is 2.36. The van der Waals surface area contributed by atoms with Gasteiger partial charge in [-0.3, -0.25) is 0 Å². The molecule has 0 N–H and O–H groups in total. The van der Waals surface area contributed by atoms with Crippen LogP contribution in [-0.2, 0) is 0 Å². The van der Waals surface area contributed by atoms with Gasteiger partial charge < -0.3 is 4.74 Å². The maximum absolute atomic E-state index is 13.4. The van der Waals surface area contributed by atoms with Crippen molar-refractivity contribution in [2.24, 2.45) is 0 Å². The number of aryl methyl sites for hydroxylation is 1. The van der Waals surface area contributed by atoms with Gasteiger partial charge in [-0.25, -0.2) is 4.39 Å². The molecule has 0 aliphatic carbocycles. The first-order valence-electron chi connectivity index (χ1n) is 5.24. The van der Waals surface area contributed by atoms with Crippen LogP contribution in [0.1, 0.15) is 11.1 Å². The number of hydrogen-bond donors (Lipinski definition) is 0. The van der Waals surface area contributed by atoms with E-state index in [-0.39, 0.29) is 0 Å². The molecule has 0 spiro atoms. The van der Waals surface area contributed by atoms with Gasteiger partial charge in [0.15, 0.2) is 0 Å². The Morgan fingerprint density at radius 3 is 2.72 bits per heavy atom. The molecule has 0 unspecified atom stereocenters. The second kappa shape index (κ2) is 5.19. The van der Waals surface area contributed by atoms with Gasteiger partial charge in [0.1, 0.15) is 23.4 Å². The Bertz CT molecular complexity index is 634. The fourth-order valence-electron chi connectivity index (χ4n) is 1.53. The Morgan fingerprint density at radius 2 is 2.06 bits per heavy atom. The highest BCUT2D eigenvalue weighted by molar-refractivity contribution is 9.10. The maximum Gasteiger partial charge on any atom is 0.148 e. The molecule has 0 heterocycles. The summed E-state index contributed by atoms with van der Waals surface area (Å²) < 4.78 is 19.3. The Morgan fingerprint density at radius 1 is 1.28 bits per heavy atom. The Hall–Kier alpha value is -1.86. The van der Waals surface area contributed by atoms with E-state index in [2.05, 4.69) is 22.0 Å². The van der Waals surface area contributed by atoms with E-state index < -0.39 is 5.82 Å². The van der Waals surface area contributed by atoms with Gasteiger partial charge >= 0.3 is 0 Å². The molecule has 0 aliphatic rings. The van der Waals surface area contributed by atoms with Gasteiger partial charge in [-0.15, -0.1) is 0 Å². The third kappa shape index (κ3) is 2.52. The molecular weight excluding hydrogens is 297 g/mol. The molecule has 0 fully saturated rings. The van der Waals surface area contributed by atoms with Crippen molar-refractivity contribution < 1.29 is 9.13 Å². The quantitative estimate of drug-likeness (QED) is 0.815. The van der Waals surface area contributed by atoms with Gasteiger partial charge in [0.2, 0.25) is 0 Å². The Balaban J connectivity index is 2.40. The van der Waals surface area contributed by atoms with E-state index in [1.807, 2.05) is 13.0 Å². The number of benzene rings is 2. The number of halogens is 2. The van der Waals surface area contributed by atoms with E-state index in [1.54, 1.807) is 24.3 Å². The van der Waals surface area contributed by atoms with Crippen molar-refractivity contribution in [2.45, 2.75) is 6.92 Å². The maximum atomic E-state index is 13.4. The largest absolute Gasteiger partial charge is 0.456 e. The van der Waals surface area contributed by atoms with Crippen LogP contribution in [0, 0.1) is 24.1 Å². The molecule has 0 saturated carbocycles. The van der Waals surface area contributed by atoms with E-state index in [0.717, 1.165) is 5.56 Å². The van der Waals surface area contributed by atoms with Crippen LogP contribution >= 0.6 is 15.9 Å². The molecule has 2 aromatic carbocycles. The van der Waals surface area contributed by atoms with Crippen molar-refractivity contribution in [3.63, 3.8) is 0 Å². The minimum absolute atomic E-state index is 0.363. The topological polar surface area (TPSA) is 33.0 Å². The third-order valence-electron chi connectivity index (χ3n) is 2.44. The van der Waals surface area contributed by atoms with Crippen LogP contribution in [-0.4, -0.2) is 0 Å². The molecule has 0 radical (unpaired) electrons. The van der Waals surface area contributed by atoms with Gasteiger partial charge in [0.25, 0.3) is 0 Å². The Labute approximate surface area is 113 Å². The summed E-state index contributed by atoms with van der Waals surface area (Å²) in [6, 6.07) is 11.8. The first-order chi connectivity index (χ1) is 8.61. The number of hydrogen-bond acceptors (Lipinski definition) is 2. The predicted molar refractivity (Wildman–Crippen MR) is 70.1 cm³/mol. The highest BCUT2D eigenvalue weighted by atomic mass is 79.9. The molecular formula is C14H9BrFNO. The highest BCUT2D eigenvalue weighted by Crippen LogP contribution is 2.30. The molecule has 0 aromatic heterocycles. The predicted octanol–water partition coefficient (Wildman–Crippen LogP) is 4.56. The van der Waals surface area contributed by atoms with E-state index in [9.17, 15) is 4.39 Å². The molecule has 0 amide bonds. The van der Waals surface area contributed by atoms with Crippen molar-refractivity contribution in [1.82, 2.24) is 0 Å². The molecule has 2 rings (SSSR count). The van der Waals surface area contributed by atoms with E-state index in [0.29, 0.717) is 21.5 Å². The molecule has 0 atom stereocenters. The molecule has 0 bridgehead atoms. The lowest BCUT2D eigenvalue weighted by Crippen LogP contribution is -1.92. The summed E-state index contributed by atoms with van der Waals surface area (Å²) in [6.45, 7) is 1.84. The van der Waals surface area contributed by atoms with Crippen LogP contribution in [0.3, 0.4) is 0 Å². The van der Waals surface area contributed by atoms with Gasteiger partial charge in [0, 0.05) is 6.07 Å². The average molecular weight is 306 g/mol. The summed E-state index contributed by atoms with van der Waals surface area (Å²) in [6.07, 6.45) is 0. The zero-order valence-electron chi connectivity index (χ0n) is 9.58. The van der Waals surface area contributed by atoms with Crippen molar-refractivity contribution >= 4 is 15.9 Å². The number of nitriles is 1. The molecule has 90 valence electrons. The van der Waals surface area contributed by atoms with E-state index in [1.165, 1.54) is 6.07 Å². The summed E-state index contributed by atoms with van der Waals surface area (Å²) in [5, 5.41) is 9.01. The zero-order chi connectivity index (χ0) is 13.1. The van der Waals surface area contributed by atoms with Crippen LogP contribution in [0.25, 0.3) is 0 Å². The van der Waals surface area contributed by atoms with Crippen LogP contribution in [0.15, 0.2) is 40.9 Å². The SMILES string of the molecule is Cc1cccc(C#N)c1Oc1ccc(Br)c(F)c1. The minimum atomic E-state index is -0.403. The minimum Gasteiger partial charge on any atom is -0.456 e. The van der Waals surface area contributed by atoms with Gasteiger partial charge in [-0.1, -0.05) is 12.1 Å². The third-order valence-corrected chi connectivity index (χ3v) is 3.09. The highest BCUT2D eigenvalue weighted by Gasteiger charge is 2.09. The summed E-state index contributed by atoms with van der Waals surface area (Å²) in [4.78, 5) is 0. The van der Waals surface area contributed by atoms with Crippen LogP contribution in [0.5, 0.6) is 11.5 Å². The van der Waals surface area contributed by atoms with Crippen molar-refractivity contribution in [3.05, 3.63) is 57.8 Å². The zero-order valence-corrected chi connectivity index (χ0v) is 11.2. The lowest BCUT2D eigenvalue weighted by Gasteiger charge is -2.10. The van der Waals surface area contributed by atoms with Crippen molar-refractivity contribution in [1.29, 1.82) is 5.26 Å². The summed E-state index contributed by atoms with van der Waals surface area (Å²) in [5.74, 6) is 0.419.